The number of carbonyl (C=O) groups is 1. The maximum atomic E-state index is 14.0. The Morgan fingerprint density at radius 3 is 2.78 bits per heavy atom. The Hall–Kier alpha value is -2.64. The minimum Gasteiger partial charge on any atom is -0.347 e. The molecule has 1 atom stereocenters. The molecule has 142 valence electrons. The quantitative estimate of drug-likeness (QED) is 0.809. The lowest BCUT2D eigenvalue weighted by Gasteiger charge is -2.40. The summed E-state index contributed by atoms with van der Waals surface area (Å²) in [5, 5.41) is 0. The van der Waals surface area contributed by atoms with Gasteiger partial charge in [-0.15, -0.1) is 0 Å². The number of aryl methyl sites for hydroxylation is 1. The first kappa shape index (κ1) is 17.8. The summed E-state index contributed by atoms with van der Waals surface area (Å²) in [6, 6.07) is 0.696. The molecule has 0 aromatic carbocycles. The van der Waals surface area contributed by atoms with E-state index >= 15 is 0 Å². The summed E-state index contributed by atoms with van der Waals surface area (Å²) in [6.07, 6.45) is 6.22. The Bertz CT molecular complexity index is 900. The van der Waals surface area contributed by atoms with Gasteiger partial charge in [-0.1, -0.05) is 0 Å². The van der Waals surface area contributed by atoms with Gasteiger partial charge in [0.25, 0.3) is 5.91 Å². The van der Waals surface area contributed by atoms with Gasteiger partial charge in [-0.2, -0.15) is 0 Å². The van der Waals surface area contributed by atoms with Crippen LogP contribution >= 0.6 is 0 Å². The topological polar surface area (TPSA) is 62.2 Å². The summed E-state index contributed by atoms with van der Waals surface area (Å²) in [5.41, 5.74) is 1.53. The molecule has 1 aliphatic carbocycles. The number of hydrogen-bond donors (Lipinski definition) is 0. The summed E-state index contributed by atoms with van der Waals surface area (Å²) in [7, 11) is 3.78. The molecule has 0 saturated carbocycles. The van der Waals surface area contributed by atoms with Crippen LogP contribution in [-0.4, -0.2) is 52.9 Å². The molecule has 0 N–H and O–H groups in total. The first-order valence-electron chi connectivity index (χ1n) is 9.04. The molecule has 0 bridgehead atoms. The van der Waals surface area contributed by atoms with Crippen LogP contribution in [-0.2, 0) is 11.8 Å². The number of halogens is 2. The van der Waals surface area contributed by atoms with Crippen molar-refractivity contribution in [3.05, 3.63) is 47.0 Å². The molecule has 1 saturated heterocycles. The number of hydrogen-bond acceptors (Lipinski definition) is 5. The molecule has 4 rings (SSSR count). The van der Waals surface area contributed by atoms with Gasteiger partial charge in [-0.25, -0.2) is 23.7 Å². The van der Waals surface area contributed by atoms with Crippen LogP contribution in [0, 0.1) is 11.6 Å². The van der Waals surface area contributed by atoms with Crippen molar-refractivity contribution < 1.29 is 13.6 Å². The molecule has 3 heterocycles. The number of nitrogens with zero attached hydrogens (tertiary/aromatic N) is 5. The fourth-order valence-corrected chi connectivity index (χ4v) is 4.17. The van der Waals surface area contributed by atoms with Gasteiger partial charge in [0, 0.05) is 44.9 Å². The van der Waals surface area contributed by atoms with Crippen molar-refractivity contribution in [2.75, 3.05) is 32.1 Å². The van der Waals surface area contributed by atoms with Gasteiger partial charge in [0.05, 0.1) is 11.9 Å². The first-order chi connectivity index (χ1) is 12.9. The zero-order valence-corrected chi connectivity index (χ0v) is 15.4. The van der Waals surface area contributed by atoms with E-state index in [2.05, 4.69) is 9.97 Å². The predicted octanol–water partition coefficient (Wildman–Crippen LogP) is 2.34. The number of amides is 1. The van der Waals surface area contributed by atoms with Crippen LogP contribution in [0.1, 0.15) is 41.0 Å². The molecule has 1 fully saturated rings. The van der Waals surface area contributed by atoms with Crippen LogP contribution in [0.15, 0.2) is 18.5 Å². The SMILES string of the molecule is CN(C)c1ncc2c(n1)C1(CCCN(C(=O)c3ncc(F)cc3F)C1)CC2. The number of aromatic nitrogens is 3. The molecule has 6 nitrogen and oxygen atoms in total. The van der Waals surface area contributed by atoms with Gasteiger partial charge >= 0.3 is 0 Å². The van der Waals surface area contributed by atoms with Gasteiger partial charge in [-0.05, 0) is 31.2 Å². The Labute approximate surface area is 156 Å². The molecule has 1 aliphatic heterocycles. The van der Waals surface area contributed by atoms with E-state index in [1.165, 1.54) is 0 Å². The molecule has 2 aliphatic rings. The zero-order valence-electron chi connectivity index (χ0n) is 15.4. The second-order valence-corrected chi connectivity index (χ2v) is 7.53. The maximum Gasteiger partial charge on any atom is 0.275 e. The highest BCUT2D eigenvalue weighted by molar-refractivity contribution is 5.92. The zero-order chi connectivity index (χ0) is 19.2. The summed E-state index contributed by atoms with van der Waals surface area (Å²) in [4.78, 5) is 29.1. The van der Waals surface area contributed by atoms with Crippen molar-refractivity contribution >= 4 is 11.9 Å². The normalized spacial score (nSPS) is 21.4. The summed E-state index contributed by atoms with van der Waals surface area (Å²) >= 11 is 0. The van der Waals surface area contributed by atoms with Gasteiger partial charge in [0.1, 0.15) is 5.82 Å². The van der Waals surface area contributed by atoms with Gasteiger partial charge in [0.2, 0.25) is 5.95 Å². The summed E-state index contributed by atoms with van der Waals surface area (Å²) in [6.45, 7) is 0.987. The minimum atomic E-state index is -0.927. The highest BCUT2D eigenvalue weighted by Gasteiger charge is 2.45. The molecular formula is C19H21F2N5O. The van der Waals surface area contributed by atoms with Crippen LogP contribution in [0.5, 0.6) is 0 Å². The van der Waals surface area contributed by atoms with Crippen molar-refractivity contribution in [3.63, 3.8) is 0 Å². The number of pyridine rings is 1. The lowest BCUT2D eigenvalue weighted by atomic mass is 9.77. The highest BCUT2D eigenvalue weighted by Crippen LogP contribution is 2.44. The standard InChI is InChI=1S/C19H21F2N5O/c1-25(2)18-23-9-12-4-6-19(16(12)24-18)5-3-7-26(11-19)17(27)15-14(21)8-13(20)10-22-15/h8-10H,3-7,11H2,1-2H3. The fraction of sp³-hybridized carbons (Fsp3) is 0.474. The summed E-state index contributed by atoms with van der Waals surface area (Å²) < 4.78 is 27.1. The molecular weight excluding hydrogens is 352 g/mol. The molecule has 2 aromatic rings. The van der Waals surface area contributed by atoms with E-state index < -0.39 is 17.5 Å². The molecule has 8 heteroatoms. The largest absolute Gasteiger partial charge is 0.347 e. The number of piperidine rings is 1. The van der Waals surface area contributed by atoms with Crippen LogP contribution in [0.3, 0.4) is 0 Å². The van der Waals surface area contributed by atoms with Crippen LogP contribution in [0.4, 0.5) is 14.7 Å². The second-order valence-electron chi connectivity index (χ2n) is 7.53. The molecule has 1 amide bonds. The summed E-state index contributed by atoms with van der Waals surface area (Å²) in [5.74, 6) is -1.58. The smallest absolute Gasteiger partial charge is 0.275 e. The van der Waals surface area contributed by atoms with E-state index in [-0.39, 0.29) is 11.1 Å². The molecule has 1 spiro atoms. The fourth-order valence-electron chi connectivity index (χ4n) is 4.17. The van der Waals surface area contributed by atoms with E-state index in [0.29, 0.717) is 25.1 Å². The van der Waals surface area contributed by atoms with Crippen LogP contribution in [0.25, 0.3) is 0 Å². The molecule has 1 unspecified atom stereocenters. The van der Waals surface area contributed by atoms with Gasteiger partial charge < -0.3 is 9.80 Å². The number of fused-ring (bicyclic) bond motifs is 2. The number of rotatable bonds is 2. The van der Waals surface area contributed by atoms with Crippen LogP contribution in [0.2, 0.25) is 0 Å². The van der Waals surface area contributed by atoms with Crippen LogP contribution < -0.4 is 4.90 Å². The van der Waals surface area contributed by atoms with E-state index in [9.17, 15) is 13.6 Å². The Morgan fingerprint density at radius 1 is 1.22 bits per heavy atom. The van der Waals surface area contributed by atoms with Crippen molar-refractivity contribution in [2.45, 2.75) is 31.1 Å². The average Bonchev–Trinajstić information content (AvgIpc) is 2.98. The number of anilines is 1. The van der Waals surface area contributed by atoms with Gasteiger partial charge in [0.15, 0.2) is 11.5 Å². The van der Waals surface area contributed by atoms with E-state index in [0.717, 1.165) is 43.1 Å². The molecule has 2 aromatic heterocycles. The average molecular weight is 373 g/mol. The third-order valence-electron chi connectivity index (χ3n) is 5.50. The number of carbonyl (C=O) groups excluding carboxylic acids is 1. The van der Waals surface area contributed by atoms with E-state index in [1.807, 2.05) is 25.2 Å². The van der Waals surface area contributed by atoms with Crippen molar-refractivity contribution in [3.8, 4) is 0 Å². The number of likely N-dealkylation sites (tertiary alicyclic amines) is 1. The predicted molar refractivity (Wildman–Crippen MR) is 95.6 cm³/mol. The van der Waals surface area contributed by atoms with E-state index in [1.54, 1.807) is 4.90 Å². The van der Waals surface area contributed by atoms with Gasteiger partial charge in [-0.3, -0.25) is 4.79 Å². The third-order valence-corrected chi connectivity index (χ3v) is 5.50. The minimum absolute atomic E-state index is 0.243. The Balaban J connectivity index is 1.65. The Kier molecular flexibility index (Phi) is 4.28. The maximum absolute atomic E-state index is 14.0. The van der Waals surface area contributed by atoms with Crippen molar-refractivity contribution in [2.24, 2.45) is 0 Å². The van der Waals surface area contributed by atoms with Crippen molar-refractivity contribution in [1.82, 2.24) is 19.9 Å². The second kappa shape index (κ2) is 6.51. The van der Waals surface area contributed by atoms with E-state index in [4.69, 9.17) is 4.98 Å². The molecule has 0 radical (unpaired) electrons. The lowest BCUT2D eigenvalue weighted by Crippen LogP contribution is -2.48. The van der Waals surface area contributed by atoms with Crippen molar-refractivity contribution in [1.29, 1.82) is 0 Å². The Morgan fingerprint density at radius 2 is 2.04 bits per heavy atom. The third kappa shape index (κ3) is 3.02. The monoisotopic (exact) mass is 373 g/mol. The lowest BCUT2D eigenvalue weighted by molar-refractivity contribution is 0.0622. The first-order valence-corrected chi connectivity index (χ1v) is 9.04. The highest BCUT2D eigenvalue weighted by atomic mass is 19.1. The molecule has 27 heavy (non-hydrogen) atoms.